The molecule has 1 saturated heterocycles. The molecule has 104 valence electrons. The third-order valence-corrected chi connectivity index (χ3v) is 4.12. The molecule has 3 N–H and O–H groups in total. The predicted octanol–water partition coefficient (Wildman–Crippen LogP) is 2.44. The SMILES string of the molecule is NC(=S)c1ccc(N2CCCC(O)C2)c2ccccc12. The minimum atomic E-state index is -0.238. The number of hydrogen-bond donors (Lipinski definition) is 2. The molecular weight excluding hydrogens is 268 g/mol. The van der Waals surface area contributed by atoms with Gasteiger partial charge in [-0.05, 0) is 30.4 Å². The van der Waals surface area contributed by atoms with Gasteiger partial charge in [-0.3, -0.25) is 0 Å². The lowest BCUT2D eigenvalue weighted by atomic mass is 10.00. The van der Waals surface area contributed by atoms with E-state index in [0.29, 0.717) is 11.5 Å². The minimum Gasteiger partial charge on any atom is -0.391 e. The van der Waals surface area contributed by atoms with E-state index in [1.165, 1.54) is 0 Å². The summed E-state index contributed by atoms with van der Waals surface area (Å²) >= 11 is 5.13. The molecule has 0 aliphatic carbocycles. The van der Waals surface area contributed by atoms with E-state index in [0.717, 1.165) is 41.4 Å². The van der Waals surface area contributed by atoms with Gasteiger partial charge in [-0.25, -0.2) is 0 Å². The summed E-state index contributed by atoms with van der Waals surface area (Å²) in [6.45, 7) is 1.67. The summed E-state index contributed by atoms with van der Waals surface area (Å²) in [6, 6.07) is 12.2. The number of thiocarbonyl (C=S) groups is 1. The third kappa shape index (κ3) is 2.37. The van der Waals surface area contributed by atoms with Crippen molar-refractivity contribution >= 4 is 33.7 Å². The molecule has 3 nitrogen and oxygen atoms in total. The second-order valence-electron chi connectivity index (χ2n) is 5.28. The maximum absolute atomic E-state index is 9.87. The number of aliphatic hydroxyl groups is 1. The monoisotopic (exact) mass is 286 g/mol. The molecule has 2 aromatic rings. The molecule has 1 unspecified atom stereocenters. The number of nitrogens with zero attached hydrogens (tertiary/aromatic N) is 1. The molecule has 1 fully saturated rings. The molecule has 1 heterocycles. The fourth-order valence-electron chi connectivity index (χ4n) is 2.95. The number of nitrogens with two attached hydrogens (primary N) is 1. The summed E-state index contributed by atoms with van der Waals surface area (Å²) < 4.78 is 0. The quantitative estimate of drug-likeness (QED) is 0.833. The van der Waals surface area contributed by atoms with Gasteiger partial charge in [-0.1, -0.05) is 36.5 Å². The number of anilines is 1. The number of piperidine rings is 1. The van der Waals surface area contributed by atoms with E-state index < -0.39 is 0 Å². The van der Waals surface area contributed by atoms with Crippen LogP contribution >= 0.6 is 12.2 Å². The average Bonchev–Trinajstić information content (AvgIpc) is 2.46. The molecule has 2 aromatic carbocycles. The van der Waals surface area contributed by atoms with Crippen LogP contribution in [0.3, 0.4) is 0 Å². The highest BCUT2D eigenvalue weighted by Crippen LogP contribution is 2.31. The summed E-state index contributed by atoms with van der Waals surface area (Å²) in [6.07, 6.45) is 1.67. The predicted molar refractivity (Wildman–Crippen MR) is 87.3 cm³/mol. The van der Waals surface area contributed by atoms with Crippen molar-refractivity contribution in [3.8, 4) is 0 Å². The number of fused-ring (bicyclic) bond motifs is 1. The van der Waals surface area contributed by atoms with E-state index in [1.54, 1.807) is 0 Å². The average molecular weight is 286 g/mol. The standard InChI is InChI=1S/C16H18N2OS/c17-16(20)14-7-8-15(13-6-2-1-5-12(13)14)18-9-3-4-11(19)10-18/h1-2,5-8,11,19H,3-4,9-10H2,(H2,17,20). The second-order valence-corrected chi connectivity index (χ2v) is 5.72. The Hall–Kier alpha value is -1.65. The Morgan fingerprint density at radius 3 is 2.65 bits per heavy atom. The molecule has 4 heteroatoms. The van der Waals surface area contributed by atoms with Crippen molar-refractivity contribution in [3.63, 3.8) is 0 Å². The van der Waals surface area contributed by atoms with Crippen molar-refractivity contribution in [2.45, 2.75) is 18.9 Å². The Labute approximate surface area is 124 Å². The highest BCUT2D eigenvalue weighted by Gasteiger charge is 2.20. The fourth-order valence-corrected chi connectivity index (χ4v) is 3.13. The van der Waals surface area contributed by atoms with Crippen LogP contribution in [0.15, 0.2) is 36.4 Å². The molecule has 0 bridgehead atoms. The highest BCUT2D eigenvalue weighted by molar-refractivity contribution is 7.80. The van der Waals surface area contributed by atoms with Crippen LogP contribution in [0.25, 0.3) is 10.8 Å². The van der Waals surface area contributed by atoms with Crippen LogP contribution in [-0.2, 0) is 0 Å². The molecule has 0 saturated carbocycles. The summed E-state index contributed by atoms with van der Waals surface area (Å²) in [5.74, 6) is 0. The summed E-state index contributed by atoms with van der Waals surface area (Å²) in [7, 11) is 0. The van der Waals surface area contributed by atoms with Crippen LogP contribution in [0.2, 0.25) is 0 Å². The molecular formula is C16H18N2OS. The lowest BCUT2D eigenvalue weighted by Gasteiger charge is -2.33. The maximum Gasteiger partial charge on any atom is 0.104 e. The lowest BCUT2D eigenvalue weighted by molar-refractivity contribution is 0.154. The van der Waals surface area contributed by atoms with Gasteiger partial charge in [0, 0.05) is 29.7 Å². The van der Waals surface area contributed by atoms with Gasteiger partial charge in [0.2, 0.25) is 0 Å². The van der Waals surface area contributed by atoms with Crippen molar-refractivity contribution < 1.29 is 5.11 Å². The first-order valence-electron chi connectivity index (χ1n) is 6.91. The number of aliphatic hydroxyl groups excluding tert-OH is 1. The molecule has 0 aromatic heterocycles. The van der Waals surface area contributed by atoms with Crippen LogP contribution in [0.5, 0.6) is 0 Å². The zero-order valence-corrected chi connectivity index (χ0v) is 12.1. The van der Waals surface area contributed by atoms with Gasteiger partial charge in [0.05, 0.1) is 6.10 Å². The Balaban J connectivity index is 2.12. The van der Waals surface area contributed by atoms with Crippen LogP contribution in [0.4, 0.5) is 5.69 Å². The van der Waals surface area contributed by atoms with Gasteiger partial charge < -0.3 is 15.7 Å². The lowest BCUT2D eigenvalue weighted by Crippen LogP contribution is -2.38. The van der Waals surface area contributed by atoms with Gasteiger partial charge in [-0.15, -0.1) is 0 Å². The number of hydrogen-bond acceptors (Lipinski definition) is 3. The largest absolute Gasteiger partial charge is 0.391 e. The topological polar surface area (TPSA) is 49.5 Å². The molecule has 1 atom stereocenters. The molecule has 0 amide bonds. The first-order valence-corrected chi connectivity index (χ1v) is 7.32. The maximum atomic E-state index is 9.87. The van der Waals surface area contributed by atoms with Gasteiger partial charge >= 0.3 is 0 Å². The Kier molecular flexibility index (Phi) is 3.59. The molecule has 1 aliphatic rings. The van der Waals surface area contributed by atoms with Crippen LogP contribution in [0.1, 0.15) is 18.4 Å². The second kappa shape index (κ2) is 5.38. The van der Waals surface area contributed by atoms with E-state index in [-0.39, 0.29) is 6.10 Å². The third-order valence-electron chi connectivity index (χ3n) is 3.90. The minimum absolute atomic E-state index is 0.238. The Bertz CT molecular complexity index is 656. The van der Waals surface area contributed by atoms with Gasteiger partial charge in [-0.2, -0.15) is 0 Å². The normalized spacial score (nSPS) is 19.2. The van der Waals surface area contributed by atoms with Crippen molar-refractivity contribution in [1.82, 2.24) is 0 Å². The first-order chi connectivity index (χ1) is 9.66. The van der Waals surface area contributed by atoms with E-state index in [9.17, 15) is 5.11 Å². The summed E-state index contributed by atoms with van der Waals surface area (Å²) in [4.78, 5) is 2.67. The van der Waals surface area contributed by atoms with E-state index in [1.807, 2.05) is 24.3 Å². The van der Waals surface area contributed by atoms with Crippen molar-refractivity contribution in [3.05, 3.63) is 42.0 Å². The Morgan fingerprint density at radius 1 is 1.20 bits per heavy atom. The number of rotatable bonds is 2. The molecule has 1 aliphatic heterocycles. The number of benzene rings is 2. The van der Waals surface area contributed by atoms with Gasteiger partial charge in [0.15, 0.2) is 0 Å². The smallest absolute Gasteiger partial charge is 0.104 e. The van der Waals surface area contributed by atoms with Crippen molar-refractivity contribution in [1.29, 1.82) is 0 Å². The van der Waals surface area contributed by atoms with Crippen molar-refractivity contribution in [2.75, 3.05) is 18.0 Å². The van der Waals surface area contributed by atoms with Gasteiger partial charge in [0.25, 0.3) is 0 Å². The van der Waals surface area contributed by atoms with Crippen molar-refractivity contribution in [2.24, 2.45) is 5.73 Å². The zero-order chi connectivity index (χ0) is 14.1. The molecule has 3 rings (SSSR count). The van der Waals surface area contributed by atoms with Crippen LogP contribution < -0.4 is 10.6 Å². The molecule has 0 spiro atoms. The fraction of sp³-hybridized carbons (Fsp3) is 0.312. The van der Waals surface area contributed by atoms with E-state index in [4.69, 9.17) is 18.0 Å². The summed E-state index contributed by atoms with van der Waals surface area (Å²) in [5.41, 5.74) is 7.87. The van der Waals surface area contributed by atoms with Gasteiger partial charge in [0.1, 0.15) is 4.99 Å². The molecule has 0 radical (unpaired) electrons. The zero-order valence-electron chi connectivity index (χ0n) is 11.2. The Morgan fingerprint density at radius 2 is 1.95 bits per heavy atom. The summed E-state index contributed by atoms with van der Waals surface area (Å²) in [5, 5.41) is 12.1. The van der Waals surface area contributed by atoms with Crippen LogP contribution in [0, 0.1) is 0 Å². The highest BCUT2D eigenvalue weighted by atomic mass is 32.1. The molecule has 20 heavy (non-hydrogen) atoms. The van der Waals surface area contributed by atoms with E-state index in [2.05, 4.69) is 17.0 Å². The van der Waals surface area contributed by atoms with Crippen LogP contribution in [-0.4, -0.2) is 29.3 Å². The first kappa shape index (κ1) is 13.3. The number of β-amino-alcohol motifs (C(OH)–C–C–N with tert-alkyl or cyclic N) is 1. The van der Waals surface area contributed by atoms with E-state index >= 15 is 0 Å².